The van der Waals surface area contributed by atoms with E-state index in [9.17, 15) is 17.6 Å². The van der Waals surface area contributed by atoms with E-state index >= 15 is 0 Å². The van der Waals surface area contributed by atoms with E-state index in [0.717, 1.165) is 24.3 Å². The number of carbonyl (C=O) groups is 1. The van der Waals surface area contributed by atoms with Crippen LogP contribution in [0.25, 0.3) is 0 Å². The van der Waals surface area contributed by atoms with Crippen LogP contribution in [-0.2, 0) is 14.9 Å². The van der Waals surface area contributed by atoms with Crippen LogP contribution in [-0.4, -0.2) is 21.5 Å². The molecule has 8 heteroatoms. The first-order valence-electron chi connectivity index (χ1n) is 6.33. The Hall–Kier alpha value is -2.12. The van der Waals surface area contributed by atoms with E-state index in [1.807, 2.05) is 0 Å². The molecule has 0 unspecified atom stereocenters. The fourth-order valence-electron chi connectivity index (χ4n) is 1.82. The van der Waals surface area contributed by atoms with Gasteiger partial charge in [0.1, 0.15) is 10.7 Å². The molecule has 0 atom stereocenters. The first-order chi connectivity index (χ1) is 10.7. The van der Waals surface area contributed by atoms with E-state index in [1.165, 1.54) is 19.2 Å². The molecule has 0 bridgehead atoms. The Balaban J connectivity index is 2.45. The van der Waals surface area contributed by atoms with Crippen molar-refractivity contribution in [3.63, 3.8) is 0 Å². The van der Waals surface area contributed by atoms with Crippen LogP contribution in [0.15, 0.2) is 41.3 Å². The standard InChI is InChI=1S/C15H12ClFO5S/c1-9-3-4-10(15(18)21-2)7-14(9)23(19,20)22-13-6-5-11(17)8-12(13)16/h3-8H,1-2H3. The maximum atomic E-state index is 13.0. The van der Waals surface area contributed by atoms with Crippen molar-refractivity contribution < 1.29 is 26.5 Å². The second-order valence-corrected chi connectivity index (χ2v) is 6.51. The number of aryl methyl sites for hydroxylation is 1. The lowest BCUT2D eigenvalue weighted by Gasteiger charge is -2.11. The molecule has 0 spiro atoms. The zero-order valence-corrected chi connectivity index (χ0v) is 13.7. The van der Waals surface area contributed by atoms with Gasteiger partial charge in [-0.05, 0) is 42.8 Å². The van der Waals surface area contributed by atoms with Crippen LogP contribution in [0.2, 0.25) is 5.02 Å². The number of ether oxygens (including phenoxy) is 1. The number of esters is 1. The van der Waals surface area contributed by atoms with E-state index in [0.29, 0.717) is 5.56 Å². The highest BCUT2D eigenvalue weighted by Crippen LogP contribution is 2.29. The summed E-state index contributed by atoms with van der Waals surface area (Å²) in [6.07, 6.45) is 0. The zero-order valence-electron chi connectivity index (χ0n) is 12.2. The average Bonchev–Trinajstić information content (AvgIpc) is 2.49. The van der Waals surface area contributed by atoms with E-state index in [-0.39, 0.29) is 21.2 Å². The minimum atomic E-state index is -4.26. The highest BCUT2D eigenvalue weighted by Gasteiger charge is 2.22. The summed E-state index contributed by atoms with van der Waals surface area (Å²) < 4.78 is 47.3. The molecule has 2 aromatic carbocycles. The summed E-state index contributed by atoms with van der Waals surface area (Å²) in [6, 6.07) is 7.10. The molecule has 2 aromatic rings. The van der Waals surface area contributed by atoms with Gasteiger partial charge in [0.2, 0.25) is 0 Å². The summed E-state index contributed by atoms with van der Waals surface area (Å²) in [5.74, 6) is -1.51. The number of rotatable bonds is 4. The van der Waals surface area contributed by atoms with Gasteiger partial charge >= 0.3 is 16.1 Å². The molecule has 0 amide bonds. The fraction of sp³-hybridized carbons (Fsp3) is 0.133. The summed E-state index contributed by atoms with van der Waals surface area (Å²) in [5, 5.41) is -0.185. The van der Waals surface area contributed by atoms with Crippen LogP contribution in [0.3, 0.4) is 0 Å². The van der Waals surface area contributed by atoms with Crippen molar-refractivity contribution in [2.75, 3.05) is 7.11 Å². The van der Waals surface area contributed by atoms with Gasteiger partial charge in [-0.15, -0.1) is 0 Å². The number of methoxy groups -OCH3 is 1. The third-order valence-corrected chi connectivity index (χ3v) is 4.64. The molecule has 122 valence electrons. The Morgan fingerprint density at radius 2 is 1.87 bits per heavy atom. The fourth-order valence-corrected chi connectivity index (χ4v) is 3.28. The van der Waals surface area contributed by atoms with Gasteiger partial charge in [-0.3, -0.25) is 0 Å². The van der Waals surface area contributed by atoms with Gasteiger partial charge in [-0.2, -0.15) is 8.42 Å². The maximum absolute atomic E-state index is 13.0. The van der Waals surface area contributed by atoms with Crippen LogP contribution in [0.4, 0.5) is 4.39 Å². The highest BCUT2D eigenvalue weighted by atomic mass is 35.5. The van der Waals surface area contributed by atoms with Crippen molar-refractivity contribution in [2.45, 2.75) is 11.8 Å². The van der Waals surface area contributed by atoms with Crippen molar-refractivity contribution in [1.82, 2.24) is 0 Å². The Morgan fingerprint density at radius 1 is 1.17 bits per heavy atom. The van der Waals surface area contributed by atoms with Crippen molar-refractivity contribution in [3.05, 3.63) is 58.4 Å². The van der Waals surface area contributed by atoms with Crippen LogP contribution in [0.5, 0.6) is 5.75 Å². The van der Waals surface area contributed by atoms with Gasteiger partial charge in [0.25, 0.3) is 0 Å². The summed E-state index contributed by atoms with van der Waals surface area (Å²) in [4.78, 5) is 11.3. The number of hydrogen-bond acceptors (Lipinski definition) is 5. The number of benzene rings is 2. The van der Waals surface area contributed by atoms with Gasteiger partial charge < -0.3 is 8.92 Å². The number of hydrogen-bond donors (Lipinski definition) is 0. The van der Waals surface area contributed by atoms with Crippen LogP contribution in [0, 0.1) is 12.7 Å². The third-order valence-electron chi connectivity index (χ3n) is 2.97. The first kappa shape index (κ1) is 17.2. The minimum absolute atomic E-state index is 0.0606. The Morgan fingerprint density at radius 3 is 2.48 bits per heavy atom. The van der Waals surface area contributed by atoms with Crippen molar-refractivity contribution in [2.24, 2.45) is 0 Å². The second-order valence-electron chi connectivity index (χ2n) is 4.58. The van der Waals surface area contributed by atoms with E-state index in [2.05, 4.69) is 4.74 Å². The van der Waals surface area contributed by atoms with Gasteiger partial charge in [0.15, 0.2) is 5.75 Å². The Kier molecular flexibility index (Phi) is 4.91. The molecule has 5 nitrogen and oxygen atoms in total. The predicted octanol–water partition coefficient (Wildman–Crippen LogP) is 3.34. The highest BCUT2D eigenvalue weighted by molar-refractivity contribution is 7.87. The molecular formula is C15H12ClFO5S. The topological polar surface area (TPSA) is 69.7 Å². The molecule has 2 rings (SSSR count). The number of halogens is 2. The molecular weight excluding hydrogens is 347 g/mol. The van der Waals surface area contributed by atoms with Gasteiger partial charge in [-0.1, -0.05) is 17.7 Å². The quantitative estimate of drug-likeness (QED) is 0.619. The summed E-state index contributed by atoms with van der Waals surface area (Å²) in [7, 11) is -3.07. The number of carbonyl (C=O) groups excluding carboxylic acids is 1. The van der Waals surface area contributed by atoms with Crippen molar-refractivity contribution in [3.8, 4) is 5.75 Å². The zero-order chi connectivity index (χ0) is 17.2. The smallest absolute Gasteiger partial charge is 0.339 e. The predicted molar refractivity (Wildman–Crippen MR) is 81.7 cm³/mol. The van der Waals surface area contributed by atoms with Crippen molar-refractivity contribution >= 4 is 27.7 Å². The molecule has 0 aromatic heterocycles. The Labute approximate surface area is 137 Å². The minimum Gasteiger partial charge on any atom is -0.465 e. The summed E-state index contributed by atoms with van der Waals surface area (Å²) in [5.41, 5.74) is 0.432. The molecule has 0 heterocycles. The second kappa shape index (κ2) is 6.55. The molecule has 0 N–H and O–H groups in total. The lowest BCUT2D eigenvalue weighted by atomic mass is 10.1. The van der Waals surface area contributed by atoms with E-state index in [1.54, 1.807) is 6.92 Å². The molecule has 0 aliphatic heterocycles. The maximum Gasteiger partial charge on any atom is 0.339 e. The molecule has 0 saturated heterocycles. The first-order valence-corrected chi connectivity index (χ1v) is 8.11. The monoisotopic (exact) mass is 358 g/mol. The lowest BCUT2D eigenvalue weighted by molar-refractivity contribution is 0.0600. The average molecular weight is 359 g/mol. The molecule has 0 fully saturated rings. The normalized spacial score (nSPS) is 11.1. The molecule has 0 aliphatic rings. The summed E-state index contributed by atoms with van der Waals surface area (Å²) in [6.45, 7) is 1.55. The molecule has 0 aliphatic carbocycles. The van der Waals surface area contributed by atoms with Gasteiger partial charge in [0.05, 0.1) is 17.7 Å². The van der Waals surface area contributed by atoms with Crippen LogP contribution < -0.4 is 4.18 Å². The molecule has 0 saturated carbocycles. The SMILES string of the molecule is COC(=O)c1ccc(C)c(S(=O)(=O)Oc2ccc(F)cc2Cl)c1. The Bertz CT molecular complexity index is 864. The largest absolute Gasteiger partial charge is 0.465 e. The van der Waals surface area contributed by atoms with E-state index < -0.39 is 21.9 Å². The molecule has 0 radical (unpaired) electrons. The van der Waals surface area contributed by atoms with Crippen molar-refractivity contribution in [1.29, 1.82) is 0 Å². The van der Waals surface area contributed by atoms with Gasteiger partial charge in [-0.25, -0.2) is 9.18 Å². The van der Waals surface area contributed by atoms with Crippen LogP contribution in [0.1, 0.15) is 15.9 Å². The van der Waals surface area contributed by atoms with Crippen LogP contribution >= 0.6 is 11.6 Å². The van der Waals surface area contributed by atoms with E-state index in [4.69, 9.17) is 15.8 Å². The lowest BCUT2D eigenvalue weighted by Crippen LogP contribution is -2.13. The van der Waals surface area contributed by atoms with Gasteiger partial charge in [0, 0.05) is 0 Å². The molecule has 23 heavy (non-hydrogen) atoms. The third kappa shape index (κ3) is 3.80. The summed E-state index contributed by atoms with van der Waals surface area (Å²) >= 11 is 5.76.